The van der Waals surface area contributed by atoms with E-state index in [9.17, 15) is 30.4 Å². The number of rotatable bonds is 5. The maximum absolute atomic E-state index is 12.9. The maximum atomic E-state index is 12.9. The molecule has 22 heavy (non-hydrogen) atoms. The first-order valence-corrected chi connectivity index (χ1v) is 7.10. The maximum Gasteiger partial charge on any atom is 0.417 e. The second-order valence-corrected chi connectivity index (χ2v) is 5.97. The Bertz CT molecular complexity index is 695. The minimum atomic E-state index is -4.84. The van der Waals surface area contributed by atoms with E-state index in [-0.39, 0.29) is 0 Å². The van der Waals surface area contributed by atoms with E-state index in [4.69, 9.17) is 11.0 Å². The second kappa shape index (κ2) is 6.15. The molecule has 5 nitrogen and oxygen atoms in total. The van der Waals surface area contributed by atoms with Gasteiger partial charge in [-0.3, -0.25) is 0 Å². The second-order valence-electron chi connectivity index (χ2n) is 4.20. The quantitative estimate of drug-likeness (QED) is 0.791. The first-order chi connectivity index (χ1) is 9.93. The summed E-state index contributed by atoms with van der Waals surface area (Å²) in [5.41, 5.74) is 2.49. The number of nitrogens with one attached hydrogen (secondary N) is 1. The summed E-state index contributed by atoms with van der Waals surface area (Å²) < 4.78 is 88.6. The highest BCUT2D eigenvalue weighted by atomic mass is 32.2. The molecule has 0 aliphatic carbocycles. The van der Waals surface area contributed by atoms with Crippen LogP contribution in [0.2, 0.25) is 0 Å². The fourth-order valence-electron chi connectivity index (χ4n) is 1.39. The predicted octanol–water partition coefficient (Wildman–Crippen LogP) is 1.45. The summed E-state index contributed by atoms with van der Waals surface area (Å²) in [6, 6.07) is 2.65. The van der Waals surface area contributed by atoms with Crippen molar-refractivity contribution in [1.82, 2.24) is 4.72 Å². The number of benzene rings is 1. The fourth-order valence-corrected chi connectivity index (χ4v) is 2.47. The number of sulfonamides is 1. The Morgan fingerprint density at radius 1 is 1.23 bits per heavy atom. The van der Waals surface area contributed by atoms with Crippen molar-refractivity contribution in [2.24, 2.45) is 5.73 Å². The van der Waals surface area contributed by atoms with E-state index in [0.717, 1.165) is 0 Å². The van der Waals surface area contributed by atoms with Crippen LogP contribution < -0.4 is 10.5 Å². The molecular formula is C11H10F5N3O2S. The van der Waals surface area contributed by atoms with Gasteiger partial charge in [0.2, 0.25) is 10.0 Å². The minimum Gasteiger partial charge on any atom is -0.325 e. The summed E-state index contributed by atoms with van der Waals surface area (Å²) in [4.78, 5) is -0.732. The highest BCUT2D eigenvalue weighted by Gasteiger charge is 2.35. The van der Waals surface area contributed by atoms with Crippen LogP contribution in [0.3, 0.4) is 0 Å². The van der Waals surface area contributed by atoms with Crippen LogP contribution in [0.5, 0.6) is 0 Å². The molecule has 3 N–H and O–H groups in total. The lowest BCUT2D eigenvalue weighted by molar-refractivity contribution is -0.137. The van der Waals surface area contributed by atoms with E-state index in [2.05, 4.69) is 0 Å². The first-order valence-electron chi connectivity index (χ1n) is 5.62. The molecule has 0 saturated carbocycles. The summed E-state index contributed by atoms with van der Waals surface area (Å²) in [6.45, 7) is -2.42. The van der Waals surface area contributed by atoms with Crippen molar-refractivity contribution in [2.45, 2.75) is 17.0 Å². The molecule has 0 spiro atoms. The van der Waals surface area contributed by atoms with Crippen molar-refractivity contribution in [2.75, 3.05) is 13.1 Å². The molecule has 0 fully saturated rings. The standard InChI is InChI=1S/C11H10F5N3O2S/c12-10(13,5-18)6-19-22(20,21)8-1-2-9(11(14,15)16)7(3-8)4-17/h1-3,19H,5-6,18H2. The molecule has 1 rings (SSSR count). The SMILES string of the molecule is N#Cc1cc(S(=O)(=O)NCC(F)(F)CN)ccc1C(F)(F)F. The molecule has 0 unspecified atom stereocenters. The number of nitrogens with two attached hydrogens (primary N) is 1. The molecular weight excluding hydrogens is 333 g/mol. The Labute approximate surface area is 122 Å². The molecule has 0 aliphatic heterocycles. The number of nitriles is 1. The number of halogens is 5. The first kappa shape index (κ1) is 18.3. The van der Waals surface area contributed by atoms with Gasteiger partial charge in [-0.25, -0.2) is 21.9 Å². The lowest BCUT2D eigenvalue weighted by atomic mass is 10.1. The van der Waals surface area contributed by atoms with Crippen LogP contribution >= 0.6 is 0 Å². The van der Waals surface area contributed by atoms with Gasteiger partial charge in [0.15, 0.2) is 0 Å². The molecule has 122 valence electrons. The normalized spacial score (nSPS) is 13.0. The van der Waals surface area contributed by atoms with E-state index < -0.39 is 51.2 Å². The van der Waals surface area contributed by atoms with E-state index in [0.29, 0.717) is 18.2 Å². The monoisotopic (exact) mass is 343 g/mol. The van der Waals surface area contributed by atoms with Gasteiger partial charge in [0.25, 0.3) is 5.92 Å². The van der Waals surface area contributed by atoms with Gasteiger partial charge in [0.05, 0.1) is 35.2 Å². The molecule has 0 atom stereocenters. The lowest BCUT2D eigenvalue weighted by Crippen LogP contribution is -2.41. The Morgan fingerprint density at radius 3 is 2.27 bits per heavy atom. The average Bonchev–Trinajstić information content (AvgIpc) is 2.43. The molecule has 0 aliphatic rings. The van der Waals surface area contributed by atoms with Crippen LogP contribution in [0.1, 0.15) is 11.1 Å². The van der Waals surface area contributed by atoms with Crippen molar-refractivity contribution in [3.8, 4) is 6.07 Å². The van der Waals surface area contributed by atoms with E-state index in [1.54, 1.807) is 0 Å². The molecule has 1 aromatic rings. The van der Waals surface area contributed by atoms with Gasteiger partial charge in [0.1, 0.15) is 0 Å². The Balaban J connectivity index is 3.15. The fraction of sp³-hybridized carbons (Fsp3) is 0.364. The number of hydrogen-bond donors (Lipinski definition) is 2. The molecule has 11 heteroatoms. The summed E-state index contributed by atoms with van der Waals surface area (Å²) in [7, 11) is -4.50. The largest absolute Gasteiger partial charge is 0.417 e. The Morgan fingerprint density at radius 2 is 1.82 bits per heavy atom. The van der Waals surface area contributed by atoms with Crippen LogP contribution in [-0.2, 0) is 16.2 Å². The number of nitrogens with zero attached hydrogens (tertiary/aromatic N) is 1. The Kier molecular flexibility index (Phi) is 5.11. The van der Waals surface area contributed by atoms with Crippen molar-refractivity contribution in [1.29, 1.82) is 5.26 Å². The zero-order valence-corrected chi connectivity index (χ0v) is 11.6. The highest BCUT2D eigenvalue weighted by Crippen LogP contribution is 2.32. The van der Waals surface area contributed by atoms with Gasteiger partial charge < -0.3 is 5.73 Å². The van der Waals surface area contributed by atoms with Crippen molar-refractivity contribution < 1.29 is 30.4 Å². The number of hydrogen-bond acceptors (Lipinski definition) is 4. The molecule has 1 aromatic carbocycles. The van der Waals surface area contributed by atoms with Crippen LogP contribution in [0.25, 0.3) is 0 Å². The zero-order valence-electron chi connectivity index (χ0n) is 10.8. The molecule has 0 saturated heterocycles. The highest BCUT2D eigenvalue weighted by molar-refractivity contribution is 7.89. The smallest absolute Gasteiger partial charge is 0.325 e. The van der Waals surface area contributed by atoms with E-state index in [1.807, 2.05) is 0 Å². The van der Waals surface area contributed by atoms with Gasteiger partial charge in [-0.2, -0.15) is 18.4 Å². The summed E-state index contributed by atoms with van der Waals surface area (Å²) >= 11 is 0. The topological polar surface area (TPSA) is 96.0 Å². The Hall–Kier alpha value is -1.77. The van der Waals surface area contributed by atoms with Crippen molar-refractivity contribution in [3.05, 3.63) is 29.3 Å². The van der Waals surface area contributed by atoms with Crippen LogP contribution in [0.4, 0.5) is 22.0 Å². The average molecular weight is 343 g/mol. The van der Waals surface area contributed by atoms with E-state index in [1.165, 1.54) is 10.8 Å². The molecule has 0 radical (unpaired) electrons. The summed E-state index contributed by atoms with van der Waals surface area (Å²) in [6.07, 6.45) is -4.84. The van der Waals surface area contributed by atoms with Gasteiger partial charge >= 0.3 is 6.18 Å². The predicted molar refractivity (Wildman–Crippen MR) is 65.3 cm³/mol. The van der Waals surface area contributed by atoms with E-state index >= 15 is 0 Å². The third-order valence-corrected chi connectivity index (χ3v) is 3.95. The molecule has 0 heterocycles. The van der Waals surface area contributed by atoms with Gasteiger partial charge in [0, 0.05) is 0 Å². The van der Waals surface area contributed by atoms with Crippen molar-refractivity contribution >= 4 is 10.0 Å². The third-order valence-electron chi connectivity index (χ3n) is 2.55. The summed E-state index contributed by atoms with van der Waals surface area (Å²) in [5, 5.41) is 8.67. The summed E-state index contributed by atoms with van der Waals surface area (Å²) in [5.74, 6) is -3.50. The minimum absolute atomic E-state index is 0.397. The van der Waals surface area contributed by atoms with Gasteiger partial charge in [-0.1, -0.05) is 0 Å². The molecule has 0 aromatic heterocycles. The van der Waals surface area contributed by atoms with Gasteiger partial charge in [-0.15, -0.1) is 0 Å². The van der Waals surface area contributed by atoms with Crippen molar-refractivity contribution in [3.63, 3.8) is 0 Å². The van der Waals surface area contributed by atoms with Crippen LogP contribution in [0, 0.1) is 11.3 Å². The zero-order chi connectivity index (χ0) is 17.2. The number of alkyl halides is 5. The van der Waals surface area contributed by atoms with Crippen LogP contribution in [0.15, 0.2) is 23.1 Å². The molecule has 0 amide bonds. The lowest BCUT2D eigenvalue weighted by Gasteiger charge is -2.15. The molecule has 0 bridgehead atoms. The van der Waals surface area contributed by atoms with Crippen LogP contribution in [-0.4, -0.2) is 27.4 Å². The van der Waals surface area contributed by atoms with Gasteiger partial charge in [-0.05, 0) is 18.2 Å². The third kappa shape index (κ3) is 4.36.